The second kappa shape index (κ2) is 14.8. The molecule has 2 aliphatic heterocycles. The average Bonchev–Trinajstić information content (AvgIpc) is 3.01. The number of carbonyl (C=O) groups excluding carboxylic acids is 4. The topological polar surface area (TPSA) is 117 Å². The molecule has 9 nitrogen and oxygen atoms in total. The van der Waals surface area contributed by atoms with Gasteiger partial charge in [0.15, 0.2) is 6.10 Å². The van der Waals surface area contributed by atoms with Gasteiger partial charge in [0.25, 0.3) is 0 Å². The molecule has 43 heavy (non-hydrogen) atoms. The van der Waals surface area contributed by atoms with Gasteiger partial charge >= 0.3 is 0 Å². The van der Waals surface area contributed by atoms with Crippen LogP contribution in [0.1, 0.15) is 43.1 Å². The third-order valence-corrected chi connectivity index (χ3v) is 7.23. The number of likely N-dealkylation sites (N-methyl/N-ethyl adjacent to an activating group) is 1. The first kappa shape index (κ1) is 31.0. The number of fused-ring (bicyclic) bond motifs is 10. The summed E-state index contributed by atoms with van der Waals surface area (Å²) in [6.45, 7) is 3.90. The van der Waals surface area contributed by atoms with E-state index in [-0.39, 0.29) is 12.3 Å². The van der Waals surface area contributed by atoms with Gasteiger partial charge in [-0.15, -0.1) is 0 Å². The average molecular weight is 583 g/mol. The molecule has 2 heterocycles. The minimum atomic E-state index is -1.26. The van der Waals surface area contributed by atoms with Crippen LogP contribution in [0, 0.1) is 5.92 Å². The lowest BCUT2D eigenvalue weighted by molar-refractivity contribution is -0.137. The van der Waals surface area contributed by atoms with E-state index < -0.39 is 42.0 Å². The second-order valence-corrected chi connectivity index (χ2v) is 11.0. The first-order chi connectivity index (χ1) is 20.7. The smallest absolute Gasteiger partial charge is 0.247 e. The van der Waals surface area contributed by atoms with Gasteiger partial charge in [0.1, 0.15) is 23.9 Å². The molecule has 5 rings (SSSR count). The summed E-state index contributed by atoms with van der Waals surface area (Å²) in [5, 5.41) is 8.54. The largest absolute Gasteiger partial charge is 0.483 e. The maximum Gasteiger partial charge on any atom is 0.247 e. The zero-order valence-corrected chi connectivity index (χ0v) is 24.6. The maximum absolute atomic E-state index is 14.2. The summed E-state index contributed by atoms with van der Waals surface area (Å²) in [6.07, 6.45) is 3.54. The number of ether oxygens (including phenoxy) is 1. The molecule has 9 heteroatoms. The van der Waals surface area contributed by atoms with E-state index in [1.165, 1.54) is 18.1 Å². The molecular weight excluding hydrogens is 544 g/mol. The molecule has 0 spiro atoms. The zero-order valence-electron chi connectivity index (χ0n) is 24.6. The summed E-state index contributed by atoms with van der Waals surface area (Å²) in [4.78, 5) is 54.4. The summed E-state index contributed by atoms with van der Waals surface area (Å²) < 4.78 is 6.43. The lowest BCUT2D eigenvalue weighted by Gasteiger charge is -2.32. The van der Waals surface area contributed by atoms with Gasteiger partial charge in [-0.1, -0.05) is 86.6 Å². The molecular formula is C34H38N4O5. The summed E-state index contributed by atoms with van der Waals surface area (Å²) in [5.41, 5.74) is 2.33. The molecule has 3 aromatic rings. The SMILES string of the molecule is CC(C)C[C@H](C(=O)N[C@H]1C(=O)N[C@@H](Cc2ccccc2)C(=O)NC=Cc2ccc(cc2)O[C@H]1c1ccccc1)N(C)C=O. The van der Waals surface area contributed by atoms with Crippen LogP contribution < -0.4 is 20.7 Å². The van der Waals surface area contributed by atoms with Crippen LogP contribution in [0.2, 0.25) is 0 Å². The second-order valence-electron chi connectivity index (χ2n) is 11.0. The van der Waals surface area contributed by atoms with Crippen LogP contribution in [0.3, 0.4) is 0 Å². The van der Waals surface area contributed by atoms with E-state index in [1.54, 1.807) is 18.2 Å². The maximum atomic E-state index is 14.2. The Labute approximate surface area is 252 Å². The Balaban J connectivity index is 1.79. The first-order valence-corrected chi connectivity index (χ1v) is 14.4. The Bertz CT molecular complexity index is 1410. The van der Waals surface area contributed by atoms with Crippen LogP contribution in [0.25, 0.3) is 6.08 Å². The molecule has 4 amide bonds. The van der Waals surface area contributed by atoms with Crippen LogP contribution in [-0.2, 0) is 25.6 Å². The summed E-state index contributed by atoms with van der Waals surface area (Å²) in [7, 11) is 1.54. The highest BCUT2D eigenvalue weighted by molar-refractivity contribution is 5.94. The number of nitrogens with zero attached hydrogens (tertiary/aromatic N) is 1. The molecule has 0 aromatic heterocycles. The van der Waals surface area contributed by atoms with Crippen molar-refractivity contribution in [3.05, 3.63) is 108 Å². The van der Waals surface area contributed by atoms with Crippen molar-refractivity contribution >= 4 is 30.2 Å². The Kier molecular flexibility index (Phi) is 10.7. The predicted octanol–water partition coefficient (Wildman–Crippen LogP) is 3.62. The van der Waals surface area contributed by atoms with Crippen LogP contribution >= 0.6 is 0 Å². The molecule has 0 radical (unpaired) electrons. The fraction of sp³-hybridized carbons (Fsp3) is 0.294. The molecule has 0 aliphatic carbocycles. The lowest BCUT2D eigenvalue weighted by atomic mass is 9.97. The molecule has 224 valence electrons. The first-order valence-electron chi connectivity index (χ1n) is 14.4. The van der Waals surface area contributed by atoms with Crippen molar-refractivity contribution < 1.29 is 23.9 Å². The third-order valence-electron chi connectivity index (χ3n) is 7.23. The van der Waals surface area contributed by atoms with Gasteiger partial charge in [-0.3, -0.25) is 19.2 Å². The number of hydrogen-bond acceptors (Lipinski definition) is 5. The molecule has 0 unspecified atom stereocenters. The van der Waals surface area contributed by atoms with E-state index in [0.717, 1.165) is 11.1 Å². The van der Waals surface area contributed by atoms with Gasteiger partial charge in [-0.05, 0) is 47.2 Å². The molecule has 0 saturated heterocycles. The van der Waals surface area contributed by atoms with Crippen molar-refractivity contribution in [3.63, 3.8) is 0 Å². The molecule has 2 bridgehead atoms. The third kappa shape index (κ3) is 8.54. The van der Waals surface area contributed by atoms with E-state index in [1.807, 2.05) is 86.6 Å². The Morgan fingerprint density at radius 2 is 1.60 bits per heavy atom. The molecule has 2 aliphatic rings. The molecule has 3 N–H and O–H groups in total. The zero-order chi connectivity index (χ0) is 30.8. The summed E-state index contributed by atoms with van der Waals surface area (Å²) >= 11 is 0. The van der Waals surface area contributed by atoms with Crippen LogP contribution in [0.15, 0.2) is 91.1 Å². The minimum Gasteiger partial charge on any atom is -0.483 e. The fourth-order valence-electron chi connectivity index (χ4n) is 4.92. The normalized spacial score (nSPS) is 19.4. The number of rotatable bonds is 9. The van der Waals surface area contributed by atoms with Crippen LogP contribution in [0.4, 0.5) is 0 Å². The van der Waals surface area contributed by atoms with Crippen molar-refractivity contribution in [3.8, 4) is 5.75 Å². The van der Waals surface area contributed by atoms with E-state index in [0.29, 0.717) is 24.1 Å². The van der Waals surface area contributed by atoms with Gasteiger partial charge in [0.2, 0.25) is 24.1 Å². The van der Waals surface area contributed by atoms with Gasteiger partial charge in [0, 0.05) is 19.7 Å². The summed E-state index contributed by atoms with van der Waals surface area (Å²) in [6, 6.07) is 22.6. The van der Waals surface area contributed by atoms with Crippen molar-refractivity contribution in [2.75, 3.05) is 7.05 Å². The van der Waals surface area contributed by atoms with E-state index >= 15 is 0 Å². The van der Waals surface area contributed by atoms with Crippen molar-refractivity contribution in [1.29, 1.82) is 0 Å². The highest BCUT2D eigenvalue weighted by atomic mass is 16.5. The quantitative estimate of drug-likeness (QED) is 0.333. The van der Waals surface area contributed by atoms with Gasteiger partial charge in [0.05, 0.1) is 0 Å². The van der Waals surface area contributed by atoms with E-state index in [2.05, 4.69) is 16.0 Å². The molecule has 0 fully saturated rings. The van der Waals surface area contributed by atoms with Gasteiger partial charge in [-0.25, -0.2) is 0 Å². The highest BCUT2D eigenvalue weighted by Crippen LogP contribution is 2.27. The molecule has 0 saturated carbocycles. The molecule has 4 atom stereocenters. The van der Waals surface area contributed by atoms with Gasteiger partial charge < -0.3 is 25.6 Å². The van der Waals surface area contributed by atoms with Crippen LogP contribution in [-0.4, -0.2) is 54.2 Å². The lowest BCUT2D eigenvalue weighted by Crippen LogP contribution is -2.59. The van der Waals surface area contributed by atoms with Gasteiger partial charge in [-0.2, -0.15) is 0 Å². The highest BCUT2D eigenvalue weighted by Gasteiger charge is 2.37. The fourth-order valence-corrected chi connectivity index (χ4v) is 4.92. The number of nitrogens with one attached hydrogen (secondary N) is 3. The Morgan fingerprint density at radius 3 is 2.23 bits per heavy atom. The van der Waals surface area contributed by atoms with Crippen molar-refractivity contribution in [2.24, 2.45) is 5.92 Å². The standard InChI is InChI=1S/C34H38N4O5/c1-23(2)20-29(38(3)22-39)33(41)37-30-31(26-12-8-5-9-13-26)43-27-16-14-24(15-17-27)18-19-35-32(40)28(36-34(30)42)21-25-10-6-4-7-11-25/h4-19,22-23,28-31H,20-21H2,1-3H3,(H,35,40)(H,36,42)(H,37,41)/t28-,29+,30+,31-/m0/s1. The van der Waals surface area contributed by atoms with Crippen LogP contribution in [0.5, 0.6) is 5.75 Å². The number of hydrogen-bond donors (Lipinski definition) is 3. The minimum absolute atomic E-state index is 0.0997. The number of amides is 4. The van der Waals surface area contributed by atoms with E-state index in [4.69, 9.17) is 4.74 Å². The molecule has 3 aromatic carbocycles. The van der Waals surface area contributed by atoms with Crippen molar-refractivity contribution in [2.45, 2.75) is 50.9 Å². The summed E-state index contributed by atoms with van der Waals surface area (Å²) in [5.74, 6) is -0.932. The van der Waals surface area contributed by atoms with E-state index in [9.17, 15) is 19.2 Å². The monoisotopic (exact) mass is 582 g/mol. The number of benzene rings is 3. The number of carbonyl (C=O) groups is 4. The Morgan fingerprint density at radius 1 is 0.953 bits per heavy atom. The Hall–Kier alpha value is -4.92. The predicted molar refractivity (Wildman–Crippen MR) is 165 cm³/mol. The van der Waals surface area contributed by atoms with Crippen molar-refractivity contribution in [1.82, 2.24) is 20.9 Å².